The highest BCUT2D eigenvalue weighted by molar-refractivity contribution is 6.28. The summed E-state index contributed by atoms with van der Waals surface area (Å²) in [7, 11) is 0. The topological polar surface area (TPSA) is 38.1 Å². The lowest BCUT2D eigenvalue weighted by Crippen LogP contribution is -2.22. The molecule has 3 nitrogen and oxygen atoms in total. The Kier molecular flexibility index (Phi) is 3.76. The van der Waals surface area contributed by atoms with E-state index in [4.69, 9.17) is 16.0 Å². The largest absolute Gasteiger partial charge is 0.448 e. The molecule has 0 aromatic carbocycles. The molecule has 0 radical (unpaired) electrons. The van der Waals surface area contributed by atoms with E-state index in [0.29, 0.717) is 17.9 Å². The van der Waals surface area contributed by atoms with Gasteiger partial charge in [-0.25, -0.2) is 4.39 Å². The summed E-state index contributed by atoms with van der Waals surface area (Å²) in [6.45, 7) is 2.63. The number of pyridine rings is 1. The molecule has 1 unspecified atom stereocenters. The second-order valence-corrected chi connectivity index (χ2v) is 3.90. The minimum absolute atomic E-state index is 0.289. The monoisotopic (exact) mass is 254 g/mol. The highest BCUT2D eigenvalue weighted by Crippen LogP contribution is 2.27. The van der Waals surface area contributed by atoms with Crippen LogP contribution < -0.4 is 5.32 Å². The zero-order valence-electron chi connectivity index (χ0n) is 9.28. The molecule has 2 heterocycles. The van der Waals surface area contributed by atoms with Crippen LogP contribution in [-0.2, 0) is 0 Å². The molecule has 1 N–H and O–H groups in total. The molecule has 0 spiro atoms. The summed E-state index contributed by atoms with van der Waals surface area (Å²) in [5.74, 6) is 0.216. The van der Waals surface area contributed by atoms with Crippen LogP contribution in [0.3, 0.4) is 0 Å². The van der Waals surface area contributed by atoms with Gasteiger partial charge < -0.3 is 9.73 Å². The number of rotatable bonds is 4. The Morgan fingerprint density at radius 2 is 2.29 bits per heavy atom. The van der Waals surface area contributed by atoms with E-state index in [1.165, 1.54) is 6.20 Å². The first-order chi connectivity index (χ1) is 8.22. The summed E-state index contributed by atoms with van der Waals surface area (Å²) in [5, 5.41) is 3.44. The molecule has 0 aliphatic rings. The zero-order chi connectivity index (χ0) is 12.3. The average molecular weight is 255 g/mol. The van der Waals surface area contributed by atoms with Crippen LogP contribution in [0.4, 0.5) is 4.39 Å². The molecule has 0 aliphatic carbocycles. The van der Waals surface area contributed by atoms with Gasteiger partial charge in [-0.3, -0.25) is 4.98 Å². The van der Waals surface area contributed by atoms with Crippen LogP contribution in [0.1, 0.15) is 24.3 Å². The third-order valence-corrected chi connectivity index (χ3v) is 2.60. The minimum atomic E-state index is -0.369. The number of nitrogens with one attached hydrogen (secondary N) is 1. The van der Waals surface area contributed by atoms with Crippen molar-refractivity contribution in [1.29, 1.82) is 0 Å². The number of furan rings is 1. The fourth-order valence-electron chi connectivity index (χ4n) is 1.67. The van der Waals surface area contributed by atoms with Crippen LogP contribution in [0.25, 0.3) is 0 Å². The van der Waals surface area contributed by atoms with Crippen LogP contribution in [0.15, 0.2) is 35.0 Å². The van der Waals surface area contributed by atoms with Crippen LogP contribution in [0.5, 0.6) is 0 Å². The van der Waals surface area contributed by atoms with Crippen molar-refractivity contribution in [2.75, 3.05) is 6.54 Å². The van der Waals surface area contributed by atoms with E-state index >= 15 is 0 Å². The summed E-state index contributed by atoms with van der Waals surface area (Å²) >= 11 is 5.73. The summed E-state index contributed by atoms with van der Waals surface area (Å²) < 4.78 is 19.0. The van der Waals surface area contributed by atoms with Crippen LogP contribution in [-0.4, -0.2) is 11.5 Å². The van der Waals surface area contributed by atoms with Gasteiger partial charge in [-0.05, 0) is 36.3 Å². The first-order valence-electron chi connectivity index (χ1n) is 5.30. The molecule has 0 amide bonds. The van der Waals surface area contributed by atoms with E-state index in [1.807, 2.05) is 6.92 Å². The molecule has 2 aromatic rings. The van der Waals surface area contributed by atoms with Gasteiger partial charge in [0.25, 0.3) is 0 Å². The van der Waals surface area contributed by atoms with E-state index in [9.17, 15) is 4.39 Å². The molecule has 2 aromatic heterocycles. The molecule has 0 saturated heterocycles. The highest BCUT2D eigenvalue weighted by atomic mass is 35.5. The van der Waals surface area contributed by atoms with Crippen molar-refractivity contribution in [2.24, 2.45) is 0 Å². The number of aromatic nitrogens is 1. The number of hydrogen-bond acceptors (Lipinski definition) is 3. The Hall–Kier alpha value is -1.39. The van der Waals surface area contributed by atoms with E-state index in [-0.39, 0.29) is 17.1 Å². The molecule has 90 valence electrons. The molecule has 2 rings (SSSR count). The van der Waals surface area contributed by atoms with Crippen molar-refractivity contribution >= 4 is 11.6 Å². The Bertz CT molecular complexity index is 501. The molecule has 5 heteroatoms. The highest BCUT2D eigenvalue weighted by Gasteiger charge is 2.20. The van der Waals surface area contributed by atoms with Gasteiger partial charge in [-0.15, -0.1) is 0 Å². The summed E-state index contributed by atoms with van der Waals surface area (Å²) in [6, 6.07) is 4.64. The first-order valence-corrected chi connectivity index (χ1v) is 5.68. The van der Waals surface area contributed by atoms with Crippen molar-refractivity contribution in [3.8, 4) is 0 Å². The maximum Gasteiger partial charge on any atom is 0.193 e. The van der Waals surface area contributed by atoms with Crippen molar-refractivity contribution in [3.05, 3.63) is 53.0 Å². The van der Waals surface area contributed by atoms with Gasteiger partial charge in [0.05, 0.1) is 12.2 Å². The maximum atomic E-state index is 13.7. The summed E-state index contributed by atoms with van der Waals surface area (Å²) in [4.78, 5) is 3.73. The van der Waals surface area contributed by atoms with Crippen molar-refractivity contribution < 1.29 is 8.81 Å². The Morgan fingerprint density at radius 3 is 2.88 bits per heavy atom. The van der Waals surface area contributed by atoms with Crippen molar-refractivity contribution in [2.45, 2.75) is 13.0 Å². The quantitative estimate of drug-likeness (QED) is 0.911. The van der Waals surface area contributed by atoms with Gasteiger partial charge in [0.2, 0.25) is 0 Å². The van der Waals surface area contributed by atoms with E-state index in [1.54, 1.807) is 24.4 Å². The Morgan fingerprint density at radius 1 is 1.47 bits per heavy atom. The second-order valence-electron chi connectivity index (χ2n) is 3.53. The lowest BCUT2D eigenvalue weighted by Gasteiger charge is -2.16. The Labute approximate surface area is 104 Å². The molecule has 0 saturated carbocycles. The fraction of sp³-hybridized carbons (Fsp3) is 0.250. The lowest BCUT2D eigenvalue weighted by molar-refractivity contribution is 0.442. The summed E-state index contributed by atoms with van der Waals surface area (Å²) in [5.41, 5.74) is 0.493. The first kappa shape index (κ1) is 12.1. The van der Waals surface area contributed by atoms with Gasteiger partial charge in [0, 0.05) is 11.8 Å². The van der Waals surface area contributed by atoms with Crippen LogP contribution in [0, 0.1) is 5.82 Å². The Balaban J connectivity index is 2.39. The third kappa shape index (κ3) is 2.65. The predicted octanol–water partition coefficient (Wildman–Crippen LogP) is 3.17. The van der Waals surface area contributed by atoms with E-state index in [2.05, 4.69) is 10.3 Å². The zero-order valence-corrected chi connectivity index (χ0v) is 10.0. The van der Waals surface area contributed by atoms with Crippen molar-refractivity contribution in [1.82, 2.24) is 10.3 Å². The predicted molar refractivity (Wildman–Crippen MR) is 63.4 cm³/mol. The lowest BCUT2D eigenvalue weighted by atomic mass is 10.1. The number of halogens is 2. The molecule has 0 fully saturated rings. The molecular weight excluding hydrogens is 243 g/mol. The normalized spacial score (nSPS) is 12.6. The van der Waals surface area contributed by atoms with Crippen LogP contribution >= 0.6 is 11.6 Å². The second kappa shape index (κ2) is 5.29. The van der Waals surface area contributed by atoms with Gasteiger partial charge in [0.1, 0.15) is 11.6 Å². The SMILES string of the molecule is CCNC(c1ccc(Cl)o1)c1ccncc1F. The van der Waals surface area contributed by atoms with Gasteiger partial charge in [-0.1, -0.05) is 6.92 Å². The van der Waals surface area contributed by atoms with Gasteiger partial charge >= 0.3 is 0 Å². The molecule has 0 aliphatic heterocycles. The van der Waals surface area contributed by atoms with Gasteiger partial charge in [-0.2, -0.15) is 0 Å². The number of nitrogens with zero attached hydrogens (tertiary/aromatic N) is 1. The molecule has 0 bridgehead atoms. The van der Waals surface area contributed by atoms with Crippen molar-refractivity contribution in [3.63, 3.8) is 0 Å². The van der Waals surface area contributed by atoms with E-state index in [0.717, 1.165) is 0 Å². The van der Waals surface area contributed by atoms with Crippen LogP contribution in [0.2, 0.25) is 5.22 Å². The summed E-state index contributed by atoms with van der Waals surface area (Å²) in [6.07, 6.45) is 2.73. The minimum Gasteiger partial charge on any atom is -0.448 e. The standard InChI is InChI=1S/C12H12ClFN2O/c1-2-16-12(10-3-4-11(13)17-10)8-5-6-15-7-9(8)14/h3-7,12,16H,2H2,1H3. The molecular formula is C12H12ClFN2O. The maximum absolute atomic E-state index is 13.7. The molecule has 17 heavy (non-hydrogen) atoms. The fourth-order valence-corrected chi connectivity index (χ4v) is 1.82. The van der Waals surface area contributed by atoms with E-state index < -0.39 is 0 Å². The van der Waals surface area contributed by atoms with Gasteiger partial charge in [0.15, 0.2) is 5.22 Å². The number of hydrogen-bond donors (Lipinski definition) is 1. The molecule has 1 atom stereocenters. The average Bonchev–Trinajstić information content (AvgIpc) is 2.74. The smallest absolute Gasteiger partial charge is 0.193 e. The third-order valence-electron chi connectivity index (χ3n) is 2.40.